The molecule has 1 aliphatic carbocycles. The van der Waals surface area contributed by atoms with Crippen LogP contribution in [0.4, 0.5) is 0 Å². The third-order valence-corrected chi connectivity index (χ3v) is 8.43. The van der Waals surface area contributed by atoms with E-state index < -0.39 is 0 Å². The third kappa shape index (κ3) is 7.87. The van der Waals surface area contributed by atoms with E-state index in [-0.39, 0.29) is 5.91 Å². The first kappa shape index (κ1) is 30.3. The highest BCUT2D eigenvalue weighted by atomic mass is 32.1. The Morgan fingerprint density at radius 1 is 1.00 bits per heavy atom. The van der Waals surface area contributed by atoms with E-state index in [1.165, 1.54) is 58.9 Å². The number of nitrogens with one attached hydrogen (secondary N) is 1. The lowest BCUT2D eigenvalue weighted by Gasteiger charge is -2.26. The van der Waals surface area contributed by atoms with Crippen molar-refractivity contribution >= 4 is 28.0 Å². The minimum Gasteiger partial charge on any atom is -0.379 e. The fraction of sp³-hybridized carbons (Fsp3) is 0.562. The molecule has 1 aromatic heterocycles. The van der Waals surface area contributed by atoms with Gasteiger partial charge in [-0.25, -0.2) is 4.98 Å². The van der Waals surface area contributed by atoms with Gasteiger partial charge in [-0.2, -0.15) is 0 Å². The van der Waals surface area contributed by atoms with Crippen LogP contribution in [0.1, 0.15) is 80.9 Å². The Morgan fingerprint density at radius 3 is 2.39 bits per heavy atom. The van der Waals surface area contributed by atoms with Gasteiger partial charge in [0.25, 0.3) is 5.91 Å². The molecule has 0 spiro atoms. The molecule has 1 aliphatic heterocycles. The van der Waals surface area contributed by atoms with Gasteiger partial charge in [-0.3, -0.25) is 9.69 Å². The maximum Gasteiger partial charge on any atom is 0.280 e. The van der Waals surface area contributed by atoms with E-state index in [0.717, 1.165) is 45.0 Å². The molecule has 1 saturated carbocycles. The van der Waals surface area contributed by atoms with E-state index >= 15 is 0 Å². The number of aromatic nitrogens is 1. The molecule has 5 nitrogen and oxygen atoms in total. The molecule has 38 heavy (non-hydrogen) atoms. The molecule has 1 amide bonds. The van der Waals surface area contributed by atoms with Gasteiger partial charge in [0.05, 0.1) is 23.8 Å². The molecule has 2 aromatic carbocycles. The molecule has 0 unspecified atom stereocenters. The molecule has 208 valence electrons. The summed E-state index contributed by atoms with van der Waals surface area (Å²) < 4.78 is 5.42. The van der Waals surface area contributed by atoms with Crippen LogP contribution in [-0.2, 0) is 11.2 Å². The van der Waals surface area contributed by atoms with Crippen LogP contribution >= 0.6 is 11.3 Å². The fourth-order valence-corrected chi connectivity index (χ4v) is 6.39. The van der Waals surface area contributed by atoms with Gasteiger partial charge < -0.3 is 10.1 Å². The second kappa shape index (κ2) is 16.0. The molecule has 2 aliphatic rings. The number of thiazole rings is 1. The SMILES string of the molecule is CC.CC.Cc1ccc(-c2sc(C(=O)NCCN3CCOCC3)nc2CC2CCCCC2)c2ccccc12. The molecule has 1 saturated heterocycles. The van der Waals surface area contributed by atoms with Crippen LogP contribution in [0.15, 0.2) is 36.4 Å². The zero-order valence-corrected chi connectivity index (χ0v) is 25.0. The summed E-state index contributed by atoms with van der Waals surface area (Å²) in [5.74, 6) is 0.620. The van der Waals surface area contributed by atoms with Crippen LogP contribution in [0, 0.1) is 12.8 Å². The van der Waals surface area contributed by atoms with Crippen LogP contribution < -0.4 is 5.32 Å². The van der Waals surface area contributed by atoms with Crippen molar-refractivity contribution in [3.63, 3.8) is 0 Å². The van der Waals surface area contributed by atoms with Crippen LogP contribution in [-0.4, -0.2) is 55.2 Å². The number of nitrogens with zero attached hydrogens (tertiary/aromatic N) is 2. The maximum atomic E-state index is 13.1. The highest BCUT2D eigenvalue weighted by Gasteiger charge is 2.23. The van der Waals surface area contributed by atoms with Gasteiger partial charge in [0.2, 0.25) is 0 Å². The molecule has 0 atom stereocenters. The summed E-state index contributed by atoms with van der Waals surface area (Å²) >= 11 is 1.56. The third-order valence-electron chi connectivity index (χ3n) is 7.30. The van der Waals surface area contributed by atoms with Crippen LogP contribution in [0.25, 0.3) is 21.2 Å². The van der Waals surface area contributed by atoms with E-state index in [2.05, 4.69) is 53.5 Å². The van der Waals surface area contributed by atoms with Crippen LogP contribution in [0.5, 0.6) is 0 Å². The molecule has 2 heterocycles. The number of amides is 1. The average Bonchev–Trinajstić information content (AvgIpc) is 3.40. The average molecular weight is 538 g/mol. The standard InChI is InChI=1S/C28H35N3O2S.2C2H6/c1-20-11-12-24(23-10-6-5-9-22(20)23)26-25(19-21-7-3-2-4-8-21)30-28(34-26)27(32)29-13-14-31-15-17-33-18-16-31;2*1-2/h5-6,9-12,21H,2-4,7-8,13-19H2,1H3,(H,29,32);2*1-2H3. The monoisotopic (exact) mass is 537 g/mol. The summed E-state index contributed by atoms with van der Waals surface area (Å²) in [6.07, 6.45) is 7.48. The van der Waals surface area contributed by atoms with Gasteiger partial charge in [-0.1, -0.05) is 96.2 Å². The Kier molecular flexibility index (Phi) is 12.7. The van der Waals surface area contributed by atoms with Crippen LogP contribution in [0.2, 0.25) is 0 Å². The predicted molar refractivity (Wildman–Crippen MR) is 162 cm³/mol. The summed E-state index contributed by atoms with van der Waals surface area (Å²) in [7, 11) is 0. The van der Waals surface area contributed by atoms with E-state index in [1.807, 2.05) is 27.7 Å². The quantitative estimate of drug-likeness (QED) is 0.339. The smallest absolute Gasteiger partial charge is 0.280 e. The highest BCUT2D eigenvalue weighted by molar-refractivity contribution is 7.17. The Hall–Kier alpha value is -2.28. The Morgan fingerprint density at radius 2 is 1.68 bits per heavy atom. The molecule has 5 rings (SSSR count). The van der Waals surface area contributed by atoms with E-state index in [4.69, 9.17) is 9.72 Å². The minimum atomic E-state index is -0.0502. The van der Waals surface area contributed by atoms with Gasteiger partial charge in [0.15, 0.2) is 5.01 Å². The Bertz CT molecular complexity index is 1130. The fourth-order valence-electron chi connectivity index (χ4n) is 5.34. The Balaban J connectivity index is 0.000000956. The summed E-state index contributed by atoms with van der Waals surface area (Å²) in [6, 6.07) is 13.0. The minimum absolute atomic E-state index is 0.0502. The first-order chi connectivity index (χ1) is 18.7. The number of aryl methyl sites for hydroxylation is 1. The van der Waals surface area contributed by atoms with Crippen molar-refractivity contribution in [2.75, 3.05) is 39.4 Å². The lowest BCUT2D eigenvalue weighted by atomic mass is 9.85. The van der Waals surface area contributed by atoms with Gasteiger partial charge in [-0.15, -0.1) is 11.3 Å². The second-order valence-electron chi connectivity index (χ2n) is 9.69. The van der Waals surface area contributed by atoms with Gasteiger partial charge in [0.1, 0.15) is 0 Å². The van der Waals surface area contributed by atoms with Crippen molar-refractivity contribution < 1.29 is 9.53 Å². The second-order valence-corrected chi connectivity index (χ2v) is 10.7. The molecular formula is C32H47N3O2S. The number of morpholine rings is 1. The molecular weight excluding hydrogens is 490 g/mol. The number of carbonyl (C=O) groups excluding carboxylic acids is 1. The molecule has 3 aromatic rings. The van der Waals surface area contributed by atoms with Gasteiger partial charge in [0, 0.05) is 31.7 Å². The number of rotatable bonds is 7. The predicted octanol–water partition coefficient (Wildman–Crippen LogP) is 7.51. The normalized spacial score (nSPS) is 16.2. The van der Waals surface area contributed by atoms with Crippen molar-refractivity contribution in [2.45, 2.75) is 73.1 Å². The summed E-state index contributed by atoms with van der Waals surface area (Å²) in [6.45, 7) is 15.1. The van der Waals surface area contributed by atoms with Crippen molar-refractivity contribution in [3.8, 4) is 10.4 Å². The first-order valence-corrected chi connectivity index (χ1v) is 15.6. The van der Waals surface area contributed by atoms with Crippen molar-refractivity contribution in [3.05, 3.63) is 52.7 Å². The van der Waals surface area contributed by atoms with Crippen molar-refractivity contribution in [2.24, 2.45) is 5.92 Å². The zero-order valence-electron chi connectivity index (χ0n) is 24.1. The van der Waals surface area contributed by atoms with Gasteiger partial charge in [-0.05, 0) is 35.6 Å². The lowest BCUT2D eigenvalue weighted by Crippen LogP contribution is -2.41. The zero-order chi connectivity index (χ0) is 27.3. The number of benzene rings is 2. The largest absolute Gasteiger partial charge is 0.379 e. The molecule has 0 bridgehead atoms. The number of fused-ring (bicyclic) bond motifs is 1. The Labute approximate surface area is 234 Å². The van der Waals surface area contributed by atoms with E-state index in [1.54, 1.807) is 11.3 Å². The van der Waals surface area contributed by atoms with E-state index in [0.29, 0.717) is 17.5 Å². The van der Waals surface area contributed by atoms with E-state index in [9.17, 15) is 4.79 Å². The molecule has 0 radical (unpaired) electrons. The number of hydrogen-bond donors (Lipinski definition) is 1. The maximum absolute atomic E-state index is 13.1. The van der Waals surface area contributed by atoms with Crippen molar-refractivity contribution in [1.82, 2.24) is 15.2 Å². The number of hydrogen-bond acceptors (Lipinski definition) is 5. The first-order valence-electron chi connectivity index (χ1n) is 14.8. The topological polar surface area (TPSA) is 54.5 Å². The molecule has 2 fully saturated rings. The van der Waals surface area contributed by atoms with Crippen LogP contribution in [0.3, 0.4) is 0 Å². The van der Waals surface area contributed by atoms with Gasteiger partial charge >= 0.3 is 0 Å². The summed E-state index contributed by atoms with van der Waals surface area (Å²) in [5, 5.41) is 6.22. The summed E-state index contributed by atoms with van der Waals surface area (Å²) in [4.78, 5) is 21.5. The molecule has 6 heteroatoms. The molecule has 1 N–H and O–H groups in total. The number of ether oxygens (including phenoxy) is 1. The van der Waals surface area contributed by atoms with Crippen molar-refractivity contribution in [1.29, 1.82) is 0 Å². The highest BCUT2D eigenvalue weighted by Crippen LogP contribution is 2.39. The number of carbonyl (C=O) groups is 1. The summed E-state index contributed by atoms with van der Waals surface area (Å²) in [5.41, 5.74) is 3.58. The lowest BCUT2D eigenvalue weighted by molar-refractivity contribution is 0.0383.